The van der Waals surface area contributed by atoms with Crippen molar-refractivity contribution in [1.29, 1.82) is 0 Å². The van der Waals surface area contributed by atoms with Gasteiger partial charge >= 0.3 is 5.69 Å². The van der Waals surface area contributed by atoms with Crippen LogP contribution in [-0.4, -0.2) is 25.6 Å². The number of nitrogens with zero attached hydrogens (tertiary/aromatic N) is 4. The summed E-state index contributed by atoms with van der Waals surface area (Å²) < 4.78 is 1.59. The lowest BCUT2D eigenvalue weighted by molar-refractivity contribution is -0.385. The summed E-state index contributed by atoms with van der Waals surface area (Å²) in [4.78, 5) is 26.1. The molecule has 0 aromatic carbocycles. The van der Waals surface area contributed by atoms with Gasteiger partial charge in [-0.2, -0.15) is 5.10 Å². The summed E-state index contributed by atoms with van der Waals surface area (Å²) in [6.45, 7) is 3.79. The van der Waals surface area contributed by atoms with Crippen molar-refractivity contribution in [2.24, 2.45) is 0 Å². The Labute approximate surface area is 124 Å². The van der Waals surface area contributed by atoms with Gasteiger partial charge in [-0.15, -0.1) is 0 Å². The van der Waals surface area contributed by atoms with Crippen molar-refractivity contribution in [3.63, 3.8) is 0 Å². The Bertz CT molecular complexity index is 698. The molecule has 0 spiro atoms. The molecule has 8 nitrogen and oxygen atoms in total. The van der Waals surface area contributed by atoms with Crippen LogP contribution in [0.4, 0.5) is 11.5 Å². The summed E-state index contributed by atoms with van der Waals surface area (Å²) >= 11 is 5.68. The molecule has 0 atom stereocenters. The fourth-order valence-electron chi connectivity index (χ4n) is 1.79. The number of nitrogens with one attached hydrogen (secondary N) is 1. The molecule has 0 saturated heterocycles. The number of hydrogen-bond donors (Lipinski definition) is 1. The molecule has 0 bridgehead atoms. The average Bonchev–Trinajstić information content (AvgIpc) is 2.86. The van der Waals surface area contributed by atoms with Gasteiger partial charge in [0, 0.05) is 18.3 Å². The van der Waals surface area contributed by atoms with Gasteiger partial charge in [0.2, 0.25) is 5.15 Å². The normalized spacial score (nSPS) is 10.7. The quantitative estimate of drug-likeness (QED) is 0.531. The summed E-state index contributed by atoms with van der Waals surface area (Å²) in [6.07, 6.45) is 2.77. The molecule has 21 heavy (non-hydrogen) atoms. The van der Waals surface area contributed by atoms with E-state index >= 15 is 0 Å². The van der Waals surface area contributed by atoms with Crippen molar-refractivity contribution >= 4 is 29.0 Å². The van der Waals surface area contributed by atoms with Crippen molar-refractivity contribution in [2.45, 2.75) is 19.9 Å². The molecule has 0 radical (unpaired) electrons. The van der Waals surface area contributed by atoms with E-state index in [1.54, 1.807) is 10.7 Å². The molecule has 0 unspecified atom stereocenters. The first-order chi connectivity index (χ1) is 9.91. The molecule has 0 aliphatic heterocycles. The lowest BCUT2D eigenvalue weighted by atomic mass is 10.2. The second kappa shape index (κ2) is 5.88. The number of nitro groups is 1. The van der Waals surface area contributed by atoms with E-state index in [1.165, 1.54) is 18.5 Å². The Morgan fingerprint density at radius 3 is 2.76 bits per heavy atom. The average molecular weight is 310 g/mol. The number of carbonyl (C=O) groups excluding carboxylic acids is 1. The van der Waals surface area contributed by atoms with Gasteiger partial charge in [-0.25, -0.2) is 9.67 Å². The molecule has 9 heteroatoms. The summed E-state index contributed by atoms with van der Waals surface area (Å²) in [5.41, 5.74) is -0.677. The SMILES string of the molecule is CC(C)n1nccc1NC(=O)c1ccnc(Cl)c1[N+](=O)[O-]. The van der Waals surface area contributed by atoms with Gasteiger partial charge in [0.25, 0.3) is 5.91 Å². The van der Waals surface area contributed by atoms with Crippen LogP contribution >= 0.6 is 11.6 Å². The van der Waals surface area contributed by atoms with Crippen LogP contribution in [0.25, 0.3) is 0 Å². The van der Waals surface area contributed by atoms with Crippen LogP contribution in [0.1, 0.15) is 30.2 Å². The maximum absolute atomic E-state index is 12.2. The minimum absolute atomic E-state index is 0.0336. The Kier molecular flexibility index (Phi) is 4.18. The van der Waals surface area contributed by atoms with E-state index in [4.69, 9.17) is 11.6 Å². The van der Waals surface area contributed by atoms with Gasteiger partial charge < -0.3 is 5.32 Å². The summed E-state index contributed by atoms with van der Waals surface area (Å²) in [7, 11) is 0. The predicted octanol–water partition coefficient (Wildman–Crippen LogP) is 2.67. The molecule has 110 valence electrons. The smallest absolute Gasteiger partial charge is 0.307 e. The monoisotopic (exact) mass is 309 g/mol. The lowest BCUT2D eigenvalue weighted by Gasteiger charge is -2.11. The van der Waals surface area contributed by atoms with Crippen LogP contribution in [0.5, 0.6) is 0 Å². The van der Waals surface area contributed by atoms with Crippen molar-refractivity contribution in [2.75, 3.05) is 5.32 Å². The fraction of sp³-hybridized carbons (Fsp3) is 0.250. The third kappa shape index (κ3) is 3.00. The molecule has 2 rings (SSSR count). The largest absolute Gasteiger partial charge is 0.319 e. The highest BCUT2D eigenvalue weighted by molar-refractivity contribution is 6.32. The van der Waals surface area contributed by atoms with Gasteiger partial charge in [-0.1, -0.05) is 11.6 Å². The van der Waals surface area contributed by atoms with Crippen molar-refractivity contribution in [1.82, 2.24) is 14.8 Å². The summed E-state index contributed by atoms with van der Waals surface area (Å²) in [5.74, 6) is -0.203. The molecule has 2 aromatic heterocycles. The molecule has 1 amide bonds. The first kappa shape index (κ1) is 14.9. The summed E-state index contributed by atoms with van der Waals surface area (Å²) in [5, 5.41) is 17.3. The molecule has 1 N–H and O–H groups in total. The molecule has 2 aromatic rings. The first-order valence-electron chi connectivity index (χ1n) is 6.05. The zero-order chi connectivity index (χ0) is 15.6. The van der Waals surface area contributed by atoms with Gasteiger partial charge in [-0.05, 0) is 19.9 Å². The van der Waals surface area contributed by atoms with E-state index in [0.29, 0.717) is 5.82 Å². The highest BCUT2D eigenvalue weighted by Crippen LogP contribution is 2.26. The third-order valence-corrected chi connectivity index (χ3v) is 2.98. The van der Waals surface area contributed by atoms with E-state index in [0.717, 1.165) is 0 Å². The van der Waals surface area contributed by atoms with Crippen LogP contribution in [-0.2, 0) is 0 Å². The Hall–Kier alpha value is -2.48. The van der Waals surface area contributed by atoms with Gasteiger partial charge in [0.05, 0.1) is 11.1 Å². The topological polar surface area (TPSA) is 103 Å². The Balaban J connectivity index is 2.35. The highest BCUT2D eigenvalue weighted by atomic mass is 35.5. The van der Waals surface area contributed by atoms with Crippen LogP contribution in [0.2, 0.25) is 5.15 Å². The fourth-order valence-corrected chi connectivity index (χ4v) is 2.02. The highest BCUT2D eigenvalue weighted by Gasteiger charge is 2.25. The van der Waals surface area contributed by atoms with Crippen LogP contribution in [0.3, 0.4) is 0 Å². The zero-order valence-corrected chi connectivity index (χ0v) is 12.0. The molecular weight excluding hydrogens is 298 g/mol. The minimum atomic E-state index is -0.732. The molecule has 0 aliphatic carbocycles. The van der Waals surface area contributed by atoms with E-state index < -0.39 is 16.5 Å². The number of rotatable bonds is 4. The third-order valence-electron chi connectivity index (χ3n) is 2.71. The second-order valence-corrected chi connectivity index (χ2v) is 4.82. The minimum Gasteiger partial charge on any atom is -0.307 e. The van der Waals surface area contributed by atoms with E-state index in [-0.39, 0.29) is 16.8 Å². The van der Waals surface area contributed by atoms with Gasteiger partial charge in [0.1, 0.15) is 11.4 Å². The zero-order valence-electron chi connectivity index (χ0n) is 11.3. The number of anilines is 1. The maximum atomic E-state index is 12.2. The van der Waals surface area contributed by atoms with Gasteiger partial charge in [0.15, 0.2) is 0 Å². The van der Waals surface area contributed by atoms with E-state index in [2.05, 4.69) is 15.4 Å². The molecule has 0 aliphatic rings. The van der Waals surface area contributed by atoms with Crippen molar-refractivity contribution in [3.8, 4) is 0 Å². The second-order valence-electron chi connectivity index (χ2n) is 4.46. The maximum Gasteiger partial charge on any atom is 0.319 e. The van der Waals surface area contributed by atoms with Crippen molar-refractivity contribution < 1.29 is 9.72 Å². The molecular formula is C12H12ClN5O3. The van der Waals surface area contributed by atoms with Gasteiger partial charge in [-0.3, -0.25) is 14.9 Å². The van der Waals surface area contributed by atoms with Crippen molar-refractivity contribution in [3.05, 3.63) is 45.4 Å². The molecule has 0 fully saturated rings. The van der Waals surface area contributed by atoms with Crippen LogP contribution in [0, 0.1) is 10.1 Å². The Morgan fingerprint density at radius 1 is 1.43 bits per heavy atom. The number of hydrogen-bond acceptors (Lipinski definition) is 5. The number of halogens is 1. The molecule has 2 heterocycles. The van der Waals surface area contributed by atoms with Crippen LogP contribution < -0.4 is 5.32 Å². The Morgan fingerprint density at radius 2 is 2.14 bits per heavy atom. The predicted molar refractivity (Wildman–Crippen MR) is 76.5 cm³/mol. The number of pyridine rings is 1. The van der Waals surface area contributed by atoms with E-state index in [9.17, 15) is 14.9 Å². The number of carbonyl (C=O) groups is 1. The van der Waals surface area contributed by atoms with Crippen LogP contribution in [0.15, 0.2) is 24.5 Å². The summed E-state index contributed by atoms with van der Waals surface area (Å²) in [6, 6.07) is 2.88. The first-order valence-corrected chi connectivity index (χ1v) is 6.43. The standard InChI is InChI=1S/C12H12ClN5O3/c1-7(2)17-9(4-6-15-17)16-12(19)8-3-5-14-11(13)10(8)18(20)21/h3-7H,1-2H3,(H,16,19). The number of aromatic nitrogens is 3. The lowest BCUT2D eigenvalue weighted by Crippen LogP contribution is -2.18. The molecule has 0 saturated carbocycles. The van der Waals surface area contributed by atoms with E-state index in [1.807, 2.05) is 13.8 Å². The number of amides is 1.